The molecule has 44 heavy (non-hydrogen) atoms. The summed E-state index contributed by atoms with van der Waals surface area (Å²) >= 11 is 0. The Labute approximate surface area is 257 Å². The van der Waals surface area contributed by atoms with E-state index < -0.39 is 5.97 Å². The minimum absolute atomic E-state index is 0.155. The minimum Gasteiger partial charge on any atom is -0.485 e. The lowest BCUT2D eigenvalue weighted by molar-refractivity contribution is -0.153. The number of nitrogens with zero attached hydrogens (tertiary/aromatic N) is 5. The maximum Gasteiger partial charge on any atom is 0.326 e. The van der Waals surface area contributed by atoms with E-state index in [1.807, 2.05) is 41.2 Å². The van der Waals surface area contributed by atoms with Crippen LogP contribution in [0.4, 0.5) is 0 Å². The molecule has 3 aromatic rings. The van der Waals surface area contributed by atoms with E-state index in [4.69, 9.17) is 9.47 Å². The standard InChI is InChI=1S/C34H41N5O5/c40-29(22-39-33(41)30-25-15-16-26(20-25)31(30)34(39)42)43-19-9-7-5-3-1-2-4-6-8-18-38-21-27(36-37-38)23-44-28-14-10-12-24-13-11-17-35-32(24)28/h10-17,21,25-26,30-31H,1-9,18-20,22-23H2. The molecule has 0 spiro atoms. The zero-order chi connectivity index (χ0) is 30.3. The monoisotopic (exact) mass is 599 g/mol. The number of para-hydroxylation sites is 1. The highest BCUT2D eigenvalue weighted by Crippen LogP contribution is 2.52. The van der Waals surface area contributed by atoms with Crippen LogP contribution in [0.25, 0.3) is 10.9 Å². The van der Waals surface area contributed by atoms with Crippen LogP contribution in [0.5, 0.6) is 5.75 Å². The SMILES string of the molecule is O=C(CN1C(=O)C2C3C=CC(C3)C2C1=O)OCCCCCCCCCCCn1cc(COc2cccc3cccnc23)nn1. The Morgan fingerprint density at radius 2 is 1.55 bits per heavy atom. The third-order valence-electron chi connectivity index (χ3n) is 9.20. The van der Waals surface area contributed by atoms with Crippen molar-refractivity contribution in [2.45, 2.75) is 77.4 Å². The number of aryl methyl sites for hydroxylation is 1. The molecule has 10 heteroatoms. The smallest absolute Gasteiger partial charge is 0.326 e. The Bertz CT molecular complexity index is 1470. The molecule has 1 saturated heterocycles. The average molecular weight is 600 g/mol. The highest BCUT2D eigenvalue weighted by Gasteiger charge is 2.59. The molecule has 232 valence electrons. The number of allylic oxidation sites excluding steroid dienone is 2. The number of amides is 2. The fourth-order valence-corrected chi connectivity index (χ4v) is 6.95. The predicted molar refractivity (Wildman–Crippen MR) is 163 cm³/mol. The van der Waals surface area contributed by atoms with Crippen molar-refractivity contribution in [2.75, 3.05) is 13.2 Å². The van der Waals surface area contributed by atoms with Crippen LogP contribution >= 0.6 is 0 Å². The summed E-state index contributed by atoms with van der Waals surface area (Å²) in [7, 11) is 0. The van der Waals surface area contributed by atoms with E-state index in [9.17, 15) is 14.4 Å². The van der Waals surface area contributed by atoms with Crippen molar-refractivity contribution in [3.05, 3.63) is 60.6 Å². The number of aromatic nitrogens is 4. The summed E-state index contributed by atoms with van der Waals surface area (Å²) in [6.07, 6.45) is 18.6. The van der Waals surface area contributed by atoms with Crippen LogP contribution in [-0.4, -0.2) is 55.8 Å². The van der Waals surface area contributed by atoms with Crippen LogP contribution in [0, 0.1) is 23.7 Å². The van der Waals surface area contributed by atoms with Gasteiger partial charge in [-0.3, -0.25) is 28.9 Å². The molecule has 4 atom stereocenters. The molecule has 0 N–H and O–H groups in total. The van der Waals surface area contributed by atoms with Crippen LogP contribution < -0.4 is 4.74 Å². The number of carbonyl (C=O) groups excluding carboxylic acids is 3. The van der Waals surface area contributed by atoms with Gasteiger partial charge in [-0.15, -0.1) is 5.10 Å². The molecular weight excluding hydrogens is 558 g/mol. The largest absolute Gasteiger partial charge is 0.485 e. The van der Waals surface area contributed by atoms with E-state index >= 15 is 0 Å². The lowest BCUT2D eigenvalue weighted by atomic mass is 9.85. The first kappa shape index (κ1) is 30.0. The molecule has 2 amide bonds. The summed E-state index contributed by atoms with van der Waals surface area (Å²) in [6, 6.07) is 9.84. The second kappa shape index (κ2) is 14.1. The van der Waals surface area contributed by atoms with Crippen molar-refractivity contribution in [2.24, 2.45) is 23.7 Å². The first-order chi connectivity index (χ1) is 21.6. The normalized spacial score (nSPS) is 21.9. The molecule has 4 unspecified atom stereocenters. The van der Waals surface area contributed by atoms with Crippen LogP contribution in [0.1, 0.15) is 69.9 Å². The third-order valence-corrected chi connectivity index (χ3v) is 9.20. The van der Waals surface area contributed by atoms with Crippen LogP contribution in [0.3, 0.4) is 0 Å². The van der Waals surface area contributed by atoms with Gasteiger partial charge >= 0.3 is 5.97 Å². The number of benzene rings is 1. The van der Waals surface area contributed by atoms with Gasteiger partial charge in [0.2, 0.25) is 11.8 Å². The summed E-state index contributed by atoms with van der Waals surface area (Å²) in [5, 5.41) is 9.53. The zero-order valence-corrected chi connectivity index (χ0v) is 25.2. The fraction of sp³-hybridized carbons (Fsp3) is 0.529. The van der Waals surface area contributed by atoms with Gasteiger partial charge < -0.3 is 9.47 Å². The lowest BCUT2D eigenvalue weighted by Crippen LogP contribution is -2.38. The molecule has 1 saturated carbocycles. The maximum atomic E-state index is 12.7. The highest BCUT2D eigenvalue weighted by molar-refractivity contribution is 6.08. The van der Waals surface area contributed by atoms with Crippen LogP contribution in [-0.2, 0) is 32.3 Å². The second-order valence-corrected chi connectivity index (χ2v) is 12.3. The molecule has 2 bridgehead atoms. The van der Waals surface area contributed by atoms with Gasteiger partial charge in [0.25, 0.3) is 0 Å². The molecule has 1 aliphatic heterocycles. The highest BCUT2D eigenvalue weighted by atomic mass is 16.5. The number of pyridine rings is 1. The maximum absolute atomic E-state index is 12.7. The van der Waals surface area contributed by atoms with E-state index in [0.717, 1.165) is 72.3 Å². The number of ether oxygens (including phenoxy) is 2. The molecule has 10 nitrogen and oxygen atoms in total. The molecule has 2 aliphatic carbocycles. The summed E-state index contributed by atoms with van der Waals surface area (Å²) in [5.74, 6) is -0.350. The Kier molecular flexibility index (Phi) is 9.63. The Morgan fingerprint density at radius 1 is 0.864 bits per heavy atom. The molecule has 0 radical (unpaired) electrons. The van der Waals surface area contributed by atoms with Crippen molar-refractivity contribution in [1.29, 1.82) is 0 Å². The van der Waals surface area contributed by atoms with E-state index in [1.165, 1.54) is 25.7 Å². The van der Waals surface area contributed by atoms with Gasteiger partial charge in [-0.05, 0) is 43.2 Å². The van der Waals surface area contributed by atoms with Gasteiger partial charge in [0.05, 0.1) is 24.6 Å². The average Bonchev–Trinajstić information content (AvgIpc) is 3.83. The number of likely N-dealkylation sites (tertiary alicyclic amines) is 1. The van der Waals surface area contributed by atoms with E-state index in [0.29, 0.717) is 13.2 Å². The number of esters is 1. The Hall–Kier alpha value is -4.08. The number of unbranched alkanes of at least 4 members (excludes halogenated alkanes) is 8. The van der Waals surface area contributed by atoms with Crippen molar-refractivity contribution in [1.82, 2.24) is 24.9 Å². The van der Waals surface area contributed by atoms with Crippen molar-refractivity contribution in [3.8, 4) is 5.75 Å². The fourth-order valence-electron chi connectivity index (χ4n) is 6.95. The number of carbonyl (C=O) groups is 3. The van der Waals surface area contributed by atoms with Crippen LogP contribution in [0.15, 0.2) is 54.9 Å². The van der Waals surface area contributed by atoms with Gasteiger partial charge in [-0.1, -0.05) is 80.5 Å². The van der Waals surface area contributed by atoms with Gasteiger partial charge in [0, 0.05) is 18.1 Å². The molecular formula is C34H41N5O5. The summed E-state index contributed by atoms with van der Waals surface area (Å²) in [6.45, 7) is 1.30. The number of hydrogen-bond acceptors (Lipinski definition) is 8. The summed E-state index contributed by atoms with van der Waals surface area (Å²) < 4.78 is 13.2. The van der Waals surface area contributed by atoms with Gasteiger partial charge in [-0.25, -0.2) is 0 Å². The topological polar surface area (TPSA) is 117 Å². The van der Waals surface area contributed by atoms with E-state index in [-0.39, 0.29) is 42.0 Å². The van der Waals surface area contributed by atoms with Gasteiger partial charge in [0.1, 0.15) is 30.1 Å². The molecule has 3 heterocycles. The van der Waals surface area contributed by atoms with Crippen LogP contribution in [0.2, 0.25) is 0 Å². The lowest BCUT2D eigenvalue weighted by Gasteiger charge is -2.16. The minimum atomic E-state index is -0.485. The quantitative estimate of drug-likeness (QED) is 0.0892. The zero-order valence-electron chi connectivity index (χ0n) is 25.2. The predicted octanol–water partition coefficient (Wildman–Crippen LogP) is 5.27. The molecule has 6 rings (SSSR count). The Balaban J connectivity index is 0.758. The van der Waals surface area contributed by atoms with E-state index in [2.05, 4.69) is 27.4 Å². The number of hydrogen-bond donors (Lipinski definition) is 0. The summed E-state index contributed by atoms with van der Waals surface area (Å²) in [4.78, 5) is 43.2. The number of imide groups is 1. The van der Waals surface area contributed by atoms with Crippen molar-refractivity contribution < 1.29 is 23.9 Å². The second-order valence-electron chi connectivity index (χ2n) is 12.3. The Morgan fingerprint density at radius 3 is 2.30 bits per heavy atom. The summed E-state index contributed by atoms with van der Waals surface area (Å²) in [5.41, 5.74) is 1.65. The number of fused-ring (bicyclic) bond motifs is 6. The molecule has 1 aromatic carbocycles. The first-order valence-electron chi connectivity index (χ1n) is 16.1. The molecule has 3 aliphatic rings. The number of rotatable bonds is 17. The van der Waals surface area contributed by atoms with Gasteiger partial charge in [0.15, 0.2) is 0 Å². The van der Waals surface area contributed by atoms with Gasteiger partial charge in [-0.2, -0.15) is 0 Å². The molecule has 2 aromatic heterocycles. The van der Waals surface area contributed by atoms with Crippen molar-refractivity contribution >= 4 is 28.7 Å². The molecule has 2 fully saturated rings. The van der Waals surface area contributed by atoms with E-state index in [1.54, 1.807) is 6.20 Å². The van der Waals surface area contributed by atoms with Crippen molar-refractivity contribution in [3.63, 3.8) is 0 Å². The third kappa shape index (κ3) is 6.84. The first-order valence-corrected chi connectivity index (χ1v) is 16.1.